The maximum Gasteiger partial charge on any atom is 0.123 e. The number of halogens is 1. The van der Waals surface area contributed by atoms with Gasteiger partial charge in [-0.3, -0.25) is 4.90 Å². The van der Waals surface area contributed by atoms with E-state index in [1.54, 1.807) is 19.2 Å². The van der Waals surface area contributed by atoms with E-state index in [1.807, 2.05) is 23.5 Å². The smallest absolute Gasteiger partial charge is 0.123 e. The highest BCUT2D eigenvalue weighted by atomic mass is 32.1. The molecule has 0 spiro atoms. The molecule has 27 heavy (non-hydrogen) atoms. The van der Waals surface area contributed by atoms with E-state index in [2.05, 4.69) is 34.1 Å². The number of benzene rings is 2. The number of anilines is 1. The molecule has 3 aromatic rings. The first-order valence-electron chi connectivity index (χ1n) is 9.45. The van der Waals surface area contributed by atoms with Gasteiger partial charge in [0, 0.05) is 60.5 Å². The fourth-order valence-electron chi connectivity index (χ4n) is 3.74. The van der Waals surface area contributed by atoms with Crippen LogP contribution in [0, 0.1) is 5.82 Å². The monoisotopic (exact) mass is 384 g/mol. The number of rotatable bonds is 6. The minimum atomic E-state index is -0.163. The van der Waals surface area contributed by atoms with Gasteiger partial charge in [-0.25, -0.2) is 4.39 Å². The second-order valence-corrected chi connectivity index (χ2v) is 8.21. The summed E-state index contributed by atoms with van der Waals surface area (Å²) in [6.07, 6.45) is 0.973. The third kappa shape index (κ3) is 4.32. The van der Waals surface area contributed by atoms with E-state index in [9.17, 15) is 4.39 Å². The Morgan fingerprint density at radius 2 is 1.81 bits per heavy atom. The quantitative estimate of drug-likeness (QED) is 0.620. The average molecular weight is 385 g/mol. The molecule has 0 amide bonds. The van der Waals surface area contributed by atoms with Crippen molar-refractivity contribution in [3.63, 3.8) is 0 Å². The maximum absolute atomic E-state index is 13.0. The van der Waals surface area contributed by atoms with Gasteiger partial charge in [-0.05, 0) is 42.3 Å². The zero-order chi connectivity index (χ0) is 18.6. The molecule has 0 saturated carbocycles. The molecule has 1 aliphatic heterocycles. The highest BCUT2D eigenvalue weighted by Gasteiger charge is 2.19. The molecule has 2 aromatic carbocycles. The van der Waals surface area contributed by atoms with Crippen LogP contribution < -0.4 is 4.90 Å². The van der Waals surface area contributed by atoms with Crippen molar-refractivity contribution in [3.05, 3.63) is 64.8 Å². The van der Waals surface area contributed by atoms with E-state index < -0.39 is 0 Å². The van der Waals surface area contributed by atoms with Gasteiger partial charge < -0.3 is 9.64 Å². The minimum Gasteiger partial charge on any atom is -0.379 e. The van der Waals surface area contributed by atoms with E-state index in [-0.39, 0.29) is 5.82 Å². The van der Waals surface area contributed by atoms with Crippen molar-refractivity contribution in [3.8, 4) is 0 Å². The van der Waals surface area contributed by atoms with Gasteiger partial charge in [0.15, 0.2) is 0 Å². The van der Waals surface area contributed by atoms with Crippen LogP contribution in [0.25, 0.3) is 10.1 Å². The lowest BCUT2D eigenvalue weighted by atomic mass is 10.1. The van der Waals surface area contributed by atoms with E-state index in [0.29, 0.717) is 6.61 Å². The van der Waals surface area contributed by atoms with E-state index in [4.69, 9.17) is 4.74 Å². The van der Waals surface area contributed by atoms with Crippen molar-refractivity contribution in [1.82, 2.24) is 4.90 Å². The molecule has 1 aliphatic rings. The second kappa shape index (κ2) is 8.38. The van der Waals surface area contributed by atoms with Gasteiger partial charge >= 0.3 is 0 Å². The largest absolute Gasteiger partial charge is 0.379 e. The highest BCUT2D eigenvalue weighted by molar-refractivity contribution is 7.19. The van der Waals surface area contributed by atoms with Crippen LogP contribution in [0.15, 0.2) is 48.5 Å². The van der Waals surface area contributed by atoms with Crippen molar-refractivity contribution in [2.24, 2.45) is 0 Å². The average Bonchev–Trinajstić information content (AvgIpc) is 3.11. The van der Waals surface area contributed by atoms with Crippen LogP contribution in [0.2, 0.25) is 0 Å². The first kappa shape index (κ1) is 18.4. The van der Waals surface area contributed by atoms with Gasteiger partial charge in [-0.1, -0.05) is 18.2 Å². The van der Waals surface area contributed by atoms with Crippen molar-refractivity contribution >= 4 is 27.1 Å². The molecule has 2 heterocycles. The van der Waals surface area contributed by atoms with Gasteiger partial charge in [-0.15, -0.1) is 11.3 Å². The Labute approximate surface area is 164 Å². The molecular weight excluding hydrogens is 359 g/mol. The van der Waals surface area contributed by atoms with E-state index >= 15 is 0 Å². The third-order valence-corrected chi connectivity index (χ3v) is 6.29. The number of fused-ring (bicyclic) bond motifs is 1. The standard InChI is InChI=1S/C22H25FN2OS/c1-26-16-19-15-20-21(3-2-4-22(20)27-19)25-13-11-24(12-14-25)10-9-17-5-7-18(23)8-6-17/h2-8,15H,9-14,16H2,1H3. The summed E-state index contributed by atoms with van der Waals surface area (Å²) in [5.74, 6) is -0.163. The Bertz CT molecular complexity index is 885. The molecule has 0 radical (unpaired) electrons. The molecule has 0 aliphatic carbocycles. The summed E-state index contributed by atoms with van der Waals surface area (Å²) in [7, 11) is 1.75. The van der Waals surface area contributed by atoms with Crippen LogP contribution in [0.1, 0.15) is 10.4 Å². The molecule has 5 heteroatoms. The van der Waals surface area contributed by atoms with Crippen LogP contribution in [0.4, 0.5) is 10.1 Å². The number of hydrogen-bond acceptors (Lipinski definition) is 4. The number of ether oxygens (including phenoxy) is 1. The minimum absolute atomic E-state index is 0.163. The van der Waals surface area contributed by atoms with Crippen molar-refractivity contribution in [2.75, 3.05) is 44.7 Å². The molecule has 1 fully saturated rings. The number of hydrogen-bond donors (Lipinski definition) is 0. The topological polar surface area (TPSA) is 15.7 Å². The summed E-state index contributed by atoms with van der Waals surface area (Å²) in [5, 5.41) is 1.34. The van der Waals surface area contributed by atoms with Gasteiger partial charge in [0.1, 0.15) is 5.82 Å². The molecule has 1 aromatic heterocycles. The van der Waals surface area contributed by atoms with Crippen LogP contribution in [0.3, 0.4) is 0 Å². The summed E-state index contributed by atoms with van der Waals surface area (Å²) in [6.45, 7) is 5.91. The van der Waals surface area contributed by atoms with Crippen LogP contribution >= 0.6 is 11.3 Å². The van der Waals surface area contributed by atoms with Crippen LogP contribution in [0.5, 0.6) is 0 Å². The van der Waals surface area contributed by atoms with Crippen molar-refractivity contribution in [2.45, 2.75) is 13.0 Å². The van der Waals surface area contributed by atoms with Crippen molar-refractivity contribution < 1.29 is 9.13 Å². The third-order valence-electron chi connectivity index (χ3n) is 5.22. The summed E-state index contributed by atoms with van der Waals surface area (Å²) in [6, 6.07) is 15.7. The SMILES string of the molecule is COCc1cc2c(N3CCN(CCc4ccc(F)cc4)CC3)cccc2s1. The normalized spacial score (nSPS) is 15.6. The Morgan fingerprint density at radius 3 is 2.56 bits per heavy atom. The first-order valence-corrected chi connectivity index (χ1v) is 10.3. The molecule has 0 N–H and O–H groups in total. The summed E-state index contributed by atoms with van der Waals surface area (Å²) < 4.78 is 19.6. The Hall–Kier alpha value is -1.95. The highest BCUT2D eigenvalue weighted by Crippen LogP contribution is 2.34. The van der Waals surface area contributed by atoms with Crippen LogP contribution in [-0.2, 0) is 17.8 Å². The van der Waals surface area contributed by atoms with Crippen molar-refractivity contribution in [1.29, 1.82) is 0 Å². The molecule has 1 saturated heterocycles. The predicted octanol–water partition coefficient (Wildman–Crippen LogP) is 4.55. The molecule has 142 valence electrons. The van der Waals surface area contributed by atoms with E-state index in [0.717, 1.165) is 39.1 Å². The Balaban J connectivity index is 1.37. The predicted molar refractivity (Wildman–Crippen MR) is 111 cm³/mol. The molecule has 4 rings (SSSR count). The number of thiophene rings is 1. The lowest BCUT2D eigenvalue weighted by Gasteiger charge is -2.36. The number of piperazine rings is 1. The molecular formula is C22H25FN2OS. The number of methoxy groups -OCH3 is 1. The van der Waals surface area contributed by atoms with E-state index in [1.165, 1.54) is 26.2 Å². The second-order valence-electron chi connectivity index (χ2n) is 7.04. The summed E-state index contributed by atoms with van der Waals surface area (Å²) in [5.41, 5.74) is 2.54. The Kier molecular flexibility index (Phi) is 5.72. The fourth-order valence-corrected chi connectivity index (χ4v) is 4.79. The van der Waals surface area contributed by atoms with Gasteiger partial charge in [0.25, 0.3) is 0 Å². The molecule has 0 atom stereocenters. The molecule has 0 unspecified atom stereocenters. The lowest BCUT2D eigenvalue weighted by Crippen LogP contribution is -2.47. The van der Waals surface area contributed by atoms with Gasteiger partial charge in [0.05, 0.1) is 6.61 Å². The van der Waals surface area contributed by atoms with Crippen LogP contribution in [-0.4, -0.2) is 44.7 Å². The van der Waals surface area contributed by atoms with Gasteiger partial charge in [-0.2, -0.15) is 0 Å². The summed E-state index contributed by atoms with van der Waals surface area (Å²) in [4.78, 5) is 6.28. The lowest BCUT2D eigenvalue weighted by molar-refractivity contribution is 0.187. The molecule has 3 nitrogen and oxygen atoms in total. The Morgan fingerprint density at radius 1 is 1.04 bits per heavy atom. The fraction of sp³-hybridized carbons (Fsp3) is 0.364. The number of nitrogens with zero attached hydrogens (tertiary/aromatic N) is 2. The zero-order valence-corrected chi connectivity index (χ0v) is 16.5. The molecule has 0 bridgehead atoms. The summed E-state index contributed by atoms with van der Waals surface area (Å²) >= 11 is 1.82. The maximum atomic E-state index is 13.0. The van der Waals surface area contributed by atoms with Gasteiger partial charge in [0.2, 0.25) is 0 Å². The zero-order valence-electron chi connectivity index (χ0n) is 15.7. The first-order chi connectivity index (χ1) is 13.2.